The van der Waals surface area contributed by atoms with Crippen LogP contribution in [0.2, 0.25) is 0 Å². The van der Waals surface area contributed by atoms with Crippen LogP contribution in [0.25, 0.3) is 0 Å². The number of alkyl halides is 1. The number of halogens is 1. The molecule has 1 aromatic rings. The summed E-state index contributed by atoms with van der Waals surface area (Å²) in [4.78, 5) is -0.173. The Bertz CT molecular complexity index is 479. The molecule has 0 bridgehead atoms. The van der Waals surface area contributed by atoms with Crippen LogP contribution in [0.5, 0.6) is 0 Å². The molecule has 1 rings (SSSR count). The van der Waals surface area contributed by atoms with Crippen LogP contribution < -0.4 is 0 Å². The zero-order chi connectivity index (χ0) is 11.6. The van der Waals surface area contributed by atoms with Gasteiger partial charge in [-0.15, -0.1) is 18.2 Å². The average molecular weight is 247 g/mol. The highest BCUT2D eigenvalue weighted by molar-refractivity contribution is 7.85. The predicted octanol–water partition coefficient (Wildman–Crippen LogP) is 2.71. The van der Waals surface area contributed by atoms with Gasteiger partial charge >= 0.3 is 0 Å². The molecule has 1 N–H and O–H groups in total. The van der Waals surface area contributed by atoms with Gasteiger partial charge in [0.2, 0.25) is 0 Å². The minimum Gasteiger partial charge on any atom is -0.282 e. The van der Waals surface area contributed by atoms with Gasteiger partial charge in [-0.25, -0.2) is 0 Å². The first-order chi connectivity index (χ1) is 6.86. The van der Waals surface area contributed by atoms with Crippen molar-refractivity contribution in [3.63, 3.8) is 0 Å². The van der Waals surface area contributed by atoms with E-state index in [9.17, 15) is 8.42 Å². The second-order valence-corrected chi connectivity index (χ2v) is 5.01. The second-order valence-electron chi connectivity index (χ2n) is 3.15. The number of hydrogen-bond donors (Lipinski definition) is 1. The largest absolute Gasteiger partial charge is 0.294 e. The van der Waals surface area contributed by atoms with Gasteiger partial charge in [0.05, 0.1) is 10.3 Å². The van der Waals surface area contributed by atoms with Crippen molar-refractivity contribution in [3.05, 3.63) is 42.0 Å². The quantitative estimate of drug-likeness (QED) is 0.507. The Hall–Kier alpha value is -0.840. The van der Waals surface area contributed by atoms with E-state index in [1.165, 1.54) is 12.1 Å². The van der Waals surface area contributed by atoms with Gasteiger partial charge in [-0.3, -0.25) is 4.55 Å². The summed E-state index contributed by atoms with van der Waals surface area (Å²) in [5.41, 5.74) is 1.21. The fourth-order valence-corrected chi connectivity index (χ4v) is 2.21. The number of benzene rings is 1. The van der Waals surface area contributed by atoms with Gasteiger partial charge in [-0.05, 0) is 18.6 Å². The van der Waals surface area contributed by atoms with Gasteiger partial charge in [0.25, 0.3) is 10.1 Å². The molecule has 82 valence electrons. The van der Waals surface area contributed by atoms with E-state index in [0.717, 1.165) is 5.56 Å². The average Bonchev–Trinajstić information content (AvgIpc) is 2.14. The fourth-order valence-electron chi connectivity index (χ4n) is 1.25. The molecule has 15 heavy (non-hydrogen) atoms. The Morgan fingerprint density at radius 3 is 2.60 bits per heavy atom. The normalized spacial score (nSPS) is 13.5. The predicted molar refractivity (Wildman–Crippen MR) is 59.8 cm³/mol. The molecule has 0 fully saturated rings. The summed E-state index contributed by atoms with van der Waals surface area (Å²) in [5.74, 6) is 0. The molecule has 1 atom stereocenters. The standard InChI is InChI=1S/C10H11ClO3S/c1-3-9(11)8-6-7(2)4-5-10(8)15(12,13)14/h3-6,9H,1H2,2H3,(H,12,13,14). The van der Waals surface area contributed by atoms with Crippen molar-refractivity contribution in [2.24, 2.45) is 0 Å². The lowest BCUT2D eigenvalue weighted by molar-refractivity contribution is 0.482. The number of aryl methyl sites for hydroxylation is 1. The highest BCUT2D eigenvalue weighted by Crippen LogP contribution is 2.28. The van der Waals surface area contributed by atoms with E-state index in [4.69, 9.17) is 16.2 Å². The maximum atomic E-state index is 11.0. The Balaban J connectivity index is 3.46. The van der Waals surface area contributed by atoms with Crippen LogP contribution in [0, 0.1) is 6.92 Å². The van der Waals surface area contributed by atoms with E-state index in [1.54, 1.807) is 12.1 Å². The number of allylic oxidation sites excluding steroid dienone is 1. The summed E-state index contributed by atoms with van der Waals surface area (Å²) >= 11 is 5.88. The Labute approximate surface area is 94.1 Å². The van der Waals surface area contributed by atoms with Gasteiger partial charge in [-0.2, -0.15) is 8.42 Å². The van der Waals surface area contributed by atoms with Crippen LogP contribution in [-0.2, 0) is 10.1 Å². The monoisotopic (exact) mass is 246 g/mol. The molecule has 0 aromatic heterocycles. The smallest absolute Gasteiger partial charge is 0.282 e. The SMILES string of the molecule is C=CC(Cl)c1cc(C)ccc1S(=O)(=O)O. The summed E-state index contributed by atoms with van der Waals surface area (Å²) in [6.07, 6.45) is 1.41. The minimum absolute atomic E-state index is 0.173. The summed E-state index contributed by atoms with van der Waals surface area (Å²) < 4.78 is 31.1. The molecule has 5 heteroatoms. The van der Waals surface area contributed by atoms with Crippen LogP contribution >= 0.6 is 11.6 Å². The molecule has 1 unspecified atom stereocenters. The Morgan fingerprint density at radius 2 is 2.13 bits per heavy atom. The van der Waals surface area contributed by atoms with E-state index in [1.807, 2.05) is 6.92 Å². The minimum atomic E-state index is -4.24. The molecule has 0 aliphatic carbocycles. The van der Waals surface area contributed by atoms with Crippen LogP contribution in [0.4, 0.5) is 0 Å². The van der Waals surface area contributed by atoms with Gasteiger partial charge < -0.3 is 0 Å². The molecule has 0 spiro atoms. The molecule has 0 aliphatic heterocycles. The van der Waals surface area contributed by atoms with Gasteiger partial charge in [0.1, 0.15) is 0 Å². The second kappa shape index (κ2) is 4.35. The zero-order valence-corrected chi connectivity index (χ0v) is 9.72. The fraction of sp³-hybridized carbons (Fsp3) is 0.200. The highest BCUT2D eigenvalue weighted by Gasteiger charge is 2.18. The van der Waals surface area contributed by atoms with E-state index >= 15 is 0 Å². The van der Waals surface area contributed by atoms with Crippen molar-refractivity contribution < 1.29 is 13.0 Å². The summed E-state index contributed by atoms with van der Waals surface area (Å²) in [5, 5.41) is -0.637. The molecule has 1 aromatic carbocycles. The third-order valence-corrected chi connectivity index (χ3v) is 3.29. The molecule has 0 saturated carbocycles. The first-order valence-electron chi connectivity index (χ1n) is 4.21. The molecule has 0 amide bonds. The summed E-state index contributed by atoms with van der Waals surface area (Å²) in [7, 11) is -4.24. The van der Waals surface area contributed by atoms with Crippen molar-refractivity contribution in [2.75, 3.05) is 0 Å². The molecule has 0 saturated heterocycles. The summed E-state index contributed by atoms with van der Waals surface area (Å²) in [6.45, 7) is 5.29. The maximum absolute atomic E-state index is 11.0. The molecular formula is C10H11ClO3S. The Morgan fingerprint density at radius 1 is 1.53 bits per heavy atom. The van der Waals surface area contributed by atoms with E-state index in [2.05, 4.69) is 6.58 Å². The van der Waals surface area contributed by atoms with Crippen molar-refractivity contribution >= 4 is 21.7 Å². The number of hydrogen-bond acceptors (Lipinski definition) is 2. The lowest BCUT2D eigenvalue weighted by Crippen LogP contribution is -2.04. The third kappa shape index (κ3) is 2.81. The lowest BCUT2D eigenvalue weighted by atomic mass is 10.1. The van der Waals surface area contributed by atoms with Gasteiger partial charge in [-0.1, -0.05) is 23.8 Å². The van der Waals surface area contributed by atoms with Crippen molar-refractivity contribution in [3.8, 4) is 0 Å². The van der Waals surface area contributed by atoms with Crippen LogP contribution in [0.15, 0.2) is 35.7 Å². The third-order valence-electron chi connectivity index (χ3n) is 1.95. The van der Waals surface area contributed by atoms with Crippen molar-refractivity contribution in [2.45, 2.75) is 17.2 Å². The molecule has 0 heterocycles. The first kappa shape index (κ1) is 12.2. The van der Waals surface area contributed by atoms with Crippen LogP contribution in [-0.4, -0.2) is 13.0 Å². The zero-order valence-electron chi connectivity index (χ0n) is 8.14. The molecule has 3 nitrogen and oxygen atoms in total. The summed E-state index contributed by atoms with van der Waals surface area (Å²) in [6, 6.07) is 4.54. The highest BCUT2D eigenvalue weighted by atomic mass is 35.5. The van der Waals surface area contributed by atoms with Gasteiger partial charge in [0, 0.05) is 0 Å². The van der Waals surface area contributed by atoms with Gasteiger partial charge in [0.15, 0.2) is 0 Å². The van der Waals surface area contributed by atoms with E-state index in [0.29, 0.717) is 5.56 Å². The Kier molecular flexibility index (Phi) is 3.54. The van der Waals surface area contributed by atoms with Crippen molar-refractivity contribution in [1.29, 1.82) is 0 Å². The first-order valence-corrected chi connectivity index (χ1v) is 6.08. The van der Waals surface area contributed by atoms with Crippen molar-refractivity contribution in [1.82, 2.24) is 0 Å². The van der Waals surface area contributed by atoms with E-state index in [-0.39, 0.29) is 4.90 Å². The lowest BCUT2D eigenvalue weighted by Gasteiger charge is -2.10. The van der Waals surface area contributed by atoms with E-state index < -0.39 is 15.5 Å². The number of rotatable bonds is 3. The molecule has 0 aliphatic rings. The maximum Gasteiger partial charge on any atom is 0.294 e. The topological polar surface area (TPSA) is 54.4 Å². The molecule has 0 radical (unpaired) electrons. The van der Waals surface area contributed by atoms with Crippen LogP contribution in [0.1, 0.15) is 16.5 Å². The molecular weight excluding hydrogens is 236 g/mol. The van der Waals surface area contributed by atoms with Crippen LogP contribution in [0.3, 0.4) is 0 Å².